The maximum Gasteiger partial charge on any atom is 0.347 e. The Morgan fingerprint density at radius 3 is 2.82 bits per heavy atom. The van der Waals surface area contributed by atoms with Crippen molar-refractivity contribution < 1.29 is 9.21 Å². The number of nitrogens with one attached hydrogen (secondary N) is 1. The summed E-state index contributed by atoms with van der Waals surface area (Å²) in [6, 6.07) is 12.1. The molecule has 0 atom stereocenters. The van der Waals surface area contributed by atoms with E-state index in [9.17, 15) is 9.59 Å². The number of thiophene rings is 1. The number of hydrazone groups is 1. The van der Waals surface area contributed by atoms with Crippen molar-refractivity contribution in [3.63, 3.8) is 0 Å². The zero-order chi connectivity index (χ0) is 15.5. The Morgan fingerprint density at radius 2 is 2.05 bits per heavy atom. The van der Waals surface area contributed by atoms with Crippen LogP contribution >= 0.6 is 11.3 Å². The summed E-state index contributed by atoms with van der Waals surface area (Å²) in [6.45, 7) is 0. The minimum Gasteiger partial charge on any atom is -0.422 e. The van der Waals surface area contributed by atoms with Gasteiger partial charge in [-0.25, -0.2) is 10.2 Å². The zero-order valence-corrected chi connectivity index (χ0v) is 12.1. The predicted molar refractivity (Wildman–Crippen MR) is 85.0 cm³/mol. The van der Waals surface area contributed by atoms with Crippen molar-refractivity contribution in [3.8, 4) is 0 Å². The molecule has 2 heterocycles. The van der Waals surface area contributed by atoms with Crippen LogP contribution in [-0.4, -0.2) is 11.7 Å². The first kappa shape index (κ1) is 14.0. The number of rotatable bonds is 3. The number of fused-ring (bicyclic) bond motifs is 1. The quantitative estimate of drug-likeness (QED) is 0.334. The van der Waals surface area contributed by atoms with Crippen LogP contribution in [0.4, 0.5) is 0 Å². The van der Waals surface area contributed by atoms with E-state index < -0.39 is 5.63 Å². The molecule has 0 saturated carbocycles. The first-order valence-corrected chi connectivity index (χ1v) is 7.23. The van der Waals surface area contributed by atoms with Gasteiger partial charge in [-0.3, -0.25) is 4.79 Å². The van der Waals surface area contributed by atoms with E-state index in [0.29, 0.717) is 10.5 Å². The van der Waals surface area contributed by atoms with Crippen LogP contribution in [0.15, 0.2) is 62.2 Å². The monoisotopic (exact) mass is 313 g/mol. The number of amides is 1. The maximum absolute atomic E-state index is 11.9. The average molecular weight is 313 g/mol. The van der Waals surface area contributed by atoms with Gasteiger partial charge in [0.15, 0.2) is 5.84 Å². The second kappa shape index (κ2) is 5.82. The molecule has 0 fully saturated rings. The van der Waals surface area contributed by atoms with E-state index in [1.54, 1.807) is 41.8 Å². The number of hydrogen-bond donors (Lipinski definition) is 2. The highest BCUT2D eigenvalue weighted by Gasteiger charge is 2.10. The Kier molecular flexibility index (Phi) is 3.71. The maximum atomic E-state index is 11.9. The third kappa shape index (κ3) is 2.75. The van der Waals surface area contributed by atoms with Gasteiger partial charge in [0, 0.05) is 5.39 Å². The first-order chi connectivity index (χ1) is 10.6. The molecule has 0 saturated heterocycles. The smallest absolute Gasteiger partial charge is 0.347 e. The Labute approximate surface area is 128 Å². The molecular weight excluding hydrogens is 302 g/mol. The van der Waals surface area contributed by atoms with Crippen LogP contribution in [0.3, 0.4) is 0 Å². The highest BCUT2D eigenvalue weighted by Crippen LogP contribution is 2.12. The lowest BCUT2D eigenvalue weighted by Gasteiger charge is -2.02. The van der Waals surface area contributed by atoms with Gasteiger partial charge in [0.1, 0.15) is 11.1 Å². The molecule has 110 valence electrons. The topological polar surface area (TPSA) is 97.7 Å². The van der Waals surface area contributed by atoms with Crippen molar-refractivity contribution in [2.45, 2.75) is 0 Å². The second-order valence-corrected chi connectivity index (χ2v) is 5.35. The molecule has 3 aromatic rings. The highest BCUT2D eigenvalue weighted by atomic mass is 32.1. The van der Waals surface area contributed by atoms with Crippen molar-refractivity contribution in [1.29, 1.82) is 0 Å². The van der Waals surface area contributed by atoms with E-state index in [0.717, 1.165) is 5.39 Å². The van der Waals surface area contributed by atoms with Crippen LogP contribution in [0.5, 0.6) is 0 Å². The molecule has 0 bridgehead atoms. The van der Waals surface area contributed by atoms with E-state index in [1.165, 1.54) is 11.3 Å². The third-order valence-electron chi connectivity index (χ3n) is 2.94. The highest BCUT2D eigenvalue weighted by molar-refractivity contribution is 7.12. The van der Waals surface area contributed by atoms with Crippen molar-refractivity contribution >= 4 is 34.0 Å². The number of nitrogens with two attached hydrogens (primary N) is 1. The van der Waals surface area contributed by atoms with Crippen LogP contribution in [0.1, 0.15) is 15.2 Å². The van der Waals surface area contributed by atoms with Crippen LogP contribution in [-0.2, 0) is 0 Å². The summed E-state index contributed by atoms with van der Waals surface area (Å²) in [7, 11) is 0. The van der Waals surface area contributed by atoms with Gasteiger partial charge in [0.05, 0.1) is 4.88 Å². The molecule has 22 heavy (non-hydrogen) atoms. The normalized spacial score (nSPS) is 11.5. The fourth-order valence-electron chi connectivity index (χ4n) is 1.87. The van der Waals surface area contributed by atoms with Crippen molar-refractivity contribution in [3.05, 3.63) is 68.7 Å². The number of carbonyl (C=O) groups is 1. The van der Waals surface area contributed by atoms with E-state index in [-0.39, 0.29) is 17.3 Å². The largest absolute Gasteiger partial charge is 0.422 e. The predicted octanol–water partition coefficient (Wildman–Crippen LogP) is 1.90. The lowest BCUT2D eigenvalue weighted by atomic mass is 10.2. The Morgan fingerprint density at radius 1 is 1.23 bits per heavy atom. The number of amidine groups is 1. The zero-order valence-electron chi connectivity index (χ0n) is 11.3. The number of hydrogen-bond acceptors (Lipinski definition) is 5. The number of carbonyl (C=O) groups excluding carboxylic acids is 1. The van der Waals surface area contributed by atoms with Crippen LogP contribution in [0.2, 0.25) is 0 Å². The van der Waals surface area contributed by atoms with E-state index >= 15 is 0 Å². The molecule has 7 heteroatoms. The SMILES string of the molecule is N/C(=N/NC(=O)c1cccs1)c1cc2ccccc2oc1=O. The molecular formula is C15H11N3O3S. The molecule has 3 N–H and O–H groups in total. The third-order valence-corrected chi connectivity index (χ3v) is 3.81. The summed E-state index contributed by atoms with van der Waals surface area (Å²) in [5.74, 6) is -0.493. The van der Waals surface area contributed by atoms with Gasteiger partial charge < -0.3 is 10.2 Å². The molecule has 0 aliphatic carbocycles. The lowest BCUT2D eigenvalue weighted by molar-refractivity contribution is 0.0959. The van der Waals surface area contributed by atoms with Crippen molar-refractivity contribution in [1.82, 2.24) is 5.43 Å². The molecule has 1 amide bonds. The van der Waals surface area contributed by atoms with Gasteiger partial charge in [0.25, 0.3) is 5.91 Å². The van der Waals surface area contributed by atoms with Gasteiger partial charge in [0.2, 0.25) is 0 Å². The van der Waals surface area contributed by atoms with Crippen molar-refractivity contribution in [2.75, 3.05) is 0 Å². The minimum absolute atomic E-state index is 0.102. The molecule has 2 aromatic heterocycles. The first-order valence-electron chi connectivity index (χ1n) is 6.35. The standard InChI is InChI=1S/C15H11N3O3S/c16-13(17-18-14(19)12-6-3-7-22-12)10-8-9-4-1-2-5-11(9)21-15(10)20/h1-8H,(H2,16,17)(H,18,19). The molecule has 0 spiro atoms. The van der Waals surface area contributed by atoms with E-state index in [1.807, 2.05) is 6.07 Å². The lowest BCUT2D eigenvalue weighted by Crippen LogP contribution is -2.27. The summed E-state index contributed by atoms with van der Waals surface area (Å²) < 4.78 is 5.17. The number of para-hydroxylation sites is 1. The van der Waals surface area contributed by atoms with Gasteiger partial charge >= 0.3 is 5.63 Å². The van der Waals surface area contributed by atoms with Gasteiger partial charge in [-0.2, -0.15) is 5.10 Å². The van der Waals surface area contributed by atoms with Gasteiger partial charge in [-0.15, -0.1) is 11.3 Å². The average Bonchev–Trinajstić information content (AvgIpc) is 3.06. The number of nitrogens with zero attached hydrogens (tertiary/aromatic N) is 1. The molecule has 3 rings (SSSR count). The fourth-order valence-corrected chi connectivity index (χ4v) is 2.49. The van der Waals surface area contributed by atoms with Crippen LogP contribution in [0, 0.1) is 0 Å². The van der Waals surface area contributed by atoms with Crippen LogP contribution < -0.4 is 16.8 Å². The second-order valence-electron chi connectivity index (χ2n) is 4.40. The van der Waals surface area contributed by atoms with Crippen molar-refractivity contribution in [2.24, 2.45) is 10.8 Å². The fraction of sp³-hybridized carbons (Fsp3) is 0. The molecule has 0 radical (unpaired) electrons. The summed E-state index contributed by atoms with van der Waals surface area (Å²) in [4.78, 5) is 24.2. The van der Waals surface area contributed by atoms with E-state index in [4.69, 9.17) is 10.2 Å². The summed E-state index contributed by atoms with van der Waals surface area (Å²) in [5.41, 5.74) is 8.04. The summed E-state index contributed by atoms with van der Waals surface area (Å²) in [6.07, 6.45) is 0. The minimum atomic E-state index is -0.606. The number of benzene rings is 1. The molecule has 0 aliphatic heterocycles. The van der Waals surface area contributed by atoms with E-state index in [2.05, 4.69) is 10.5 Å². The van der Waals surface area contributed by atoms with Gasteiger partial charge in [-0.1, -0.05) is 24.3 Å². The Hall–Kier alpha value is -2.93. The summed E-state index contributed by atoms with van der Waals surface area (Å²) >= 11 is 1.28. The Balaban J connectivity index is 1.89. The Bertz CT molecular complexity index is 913. The molecule has 0 aliphatic rings. The van der Waals surface area contributed by atoms with Crippen LogP contribution in [0.25, 0.3) is 11.0 Å². The molecule has 0 unspecified atom stereocenters. The van der Waals surface area contributed by atoms with Gasteiger partial charge in [-0.05, 0) is 23.6 Å². The molecule has 1 aromatic carbocycles. The summed E-state index contributed by atoms with van der Waals surface area (Å²) in [5, 5.41) is 6.26. The molecule has 6 nitrogen and oxygen atoms in total.